The van der Waals surface area contributed by atoms with Crippen molar-refractivity contribution in [2.75, 3.05) is 33.2 Å². The van der Waals surface area contributed by atoms with E-state index in [2.05, 4.69) is 16.8 Å². The van der Waals surface area contributed by atoms with E-state index in [1.54, 1.807) is 6.92 Å². The van der Waals surface area contributed by atoms with Crippen molar-refractivity contribution in [1.82, 2.24) is 9.80 Å². The smallest absolute Gasteiger partial charge is 0.178 e. The summed E-state index contributed by atoms with van der Waals surface area (Å²) in [6.45, 7) is 7.38. The van der Waals surface area contributed by atoms with Crippen LogP contribution in [0.2, 0.25) is 0 Å². The molecule has 1 saturated heterocycles. The van der Waals surface area contributed by atoms with Gasteiger partial charge in [-0.1, -0.05) is 12.1 Å². The van der Waals surface area contributed by atoms with Gasteiger partial charge in [0.25, 0.3) is 0 Å². The Morgan fingerprint density at radius 1 is 1.26 bits per heavy atom. The third kappa shape index (κ3) is 4.80. The summed E-state index contributed by atoms with van der Waals surface area (Å²) >= 11 is 0. The molecule has 1 fully saturated rings. The van der Waals surface area contributed by atoms with E-state index in [9.17, 15) is 5.11 Å². The quantitative estimate of drug-likeness (QED) is 0.842. The summed E-state index contributed by atoms with van der Waals surface area (Å²) in [5, 5.41) is 18.8. The van der Waals surface area contributed by atoms with Crippen molar-refractivity contribution in [3.63, 3.8) is 0 Å². The minimum atomic E-state index is -0.571. The fourth-order valence-corrected chi connectivity index (χ4v) is 2.67. The van der Waals surface area contributed by atoms with Crippen molar-refractivity contribution in [3.8, 4) is 11.8 Å². The second kappa shape index (κ2) is 8.11. The first-order valence-corrected chi connectivity index (χ1v) is 7.95. The summed E-state index contributed by atoms with van der Waals surface area (Å²) in [5.41, 5.74) is 1.91. The summed E-state index contributed by atoms with van der Waals surface area (Å²) < 4.78 is 6.02. The molecule has 5 nitrogen and oxygen atoms in total. The average Bonchev–Trinajstić information content (AvgIpc) is 2.54. The summed E-state index contributed by atoms with van der Waals surface area (Å²) in [6, 6.07) is 9.67. The Morgan fingerprint density at radius 3 is 2.39 bits per heavy atom. The molecule has 2 rings (SSSR count). The molecule has 2 atom stereocenters. The molecule has 124 valence electrons. The van der Waals surface area contributed by atoms with E-state index >= 15 is 0 Å². The molecular weight excluding hydrogens is 290 g/mol. The standard InChI is InChI=1S/C18H25N3O2/c1-14(8-9-19)16-4-6-17(7-5-16)23-18(15(2)22)21-12-10-20(3)11-13-21/h4-8,15,18,22H,10-13H2,1-3H3/b14-8-. The van der Waals surface area contributed by atoms with E-state index in [-0.39, 0.29) is 6.23 Å². The van der Waals surface area contributed by atoms with Crippen LogP contribution < -0.4 is 4.74 Å². The molecule has 1 aromatic carbocycles. The van der Waals surface area contributed by atoms with Crippen LogP contribution in [0.3, 0.4) is 0 Å². The van der Waals surface area contributed by atoms with Crippen LogP contribution in [-0.4, -0.2) is 60.5 Å². The Labute approximate surface area is 138 Å². The van der Waals surface area contributed by atoms with Gasteiger partial charge in [-0.15, -0.1) is 0 Å². The van der Waals surface area contributed by atoms with E-state index in [1.807, 2.05) is 37.3 Å². The molecule has 1 aliphatic rings. The number of likely N-dealkylation sites (N-methyl/N-ethyl adjacent to an activating group) is 1. The highest BCUT2D eigenvalue weighted by Crippen LogP contribution is 2.21. The fourth-order valence-electron chi connectivity index (χ4n) is 2.67. The number of benzene rings is 1. The first-order valence-electron chi connectivity index (χ1n) is 7.95. The molecule has 0 amide bonds. The molecule has 0 saturated carbocycles. The van der Waals surface area contributed by atoms with E-state index in [0.29, 0.717) is 0 Å². The predicted octanol–water partition coefficient (Wildman–Crippen LogP) is 1.95. The number of allylic oxidation sites excluding steroid dienone is 2. The minimum Gasteiger partial charge on any atom is -0.472 e. The maximum absolute atomic E-state index is 10.1. The van der Waals surface area contributed by atoms with Gasteiger partial charge in [0.2, 0.25) is 0 Å². The van der Waals surface area contributed by atoms with Crippen molar-refractivity contribution in [2.24, 2.45) is 0 Å². The predicted molar refractivity (Wildman–Crippen MR) is 90.9 cm³/mol. The number of nitriles is 1. The monoisotopic (exact) mass is 315 g/mol. The molecule has 1 aromatic rings. The summed E-state index contributed by atoms with van der Waals surface area (Å²) in [4.78, 5) is 4.45. The topological polar surface area (TPSA) is 59.7 Å². The lowest BCUT2D eigenvalue weighted by Crippen LogP contribution is -2.54. The first-order chi connectivity index (χ1) is 11.0. The number of aliphatic hydroxyl groups is 1. The Morgan fingerprint density at radius 2 is 1.87 bits per heavy atom. The lowest BCUT2D eigenvalue weighted by molar-refractivity contribution is -0.0723. The number of hydrogen-bond donors (Lipinski definition) is 1. The summed E-state index contributed by atoms with van der Waals surface area (Å²) in [7, 11) is 2.10. The maximum Gasteiger partial charge on any atom is 0.178 e. The number of hydrogen-bond acceptors (Lipinski definition) is 5. The van der Waals surface area contributed by atoms with Crippen molar-refractivity contribution in [3.05, 3.63) is 35.9 Å². The van der Waals surface area contributed by atoms with Gasteiger partial charge in [-0.05, 0) is 44.2 Å². The molecule has 0 bridgehead atoms. The van der Waals surface area contributed by atoms with Crippen LogP contribution in [0.4, 0.5) is 0 Å². The normalized spacial score (nSPS) is 19.9. The van der Waals surface area contributed by atoms with Gasteiger partial charge in [-0.2, -0.15) is 5.26 Å². The van der Waals surface area contributed by atoms with Gasteiger partial charge in [-0.25, -0.2) is 0 Å². The molecule has 0 radical (unpaired) electrons. The lowest BCUT2D eigenvalue weighted by Gasteiger charge is -2.38. The lowest BCUT2D eigenvalue weighted by atomic mass is 10.1. The summed E-state index contributed by atoms with van der Waals surface area (Å²) in [5.74, 6) is 0.725. The van der Waals surface area contributed by atoms with Crippen molar-refractivity contribution in [2.45, 2.75) is 26.2 Å². The highest BCUT2D eigenvalue weighted by molar-refractivity contribution is 5.66. The van der Waals surface area contributed by atoms with Gasteiger partial charge >= 0.3 is 0 Å². The molecule has 1 aliphatic heterocycles. The molecule has 0 spiro atoms. The van der Waals surface area contributed by atoms with E-state index < -0.39 is 6.10 Å². The van der Waals surface area contributed by atoms with Gasteiger partial charge < -0.3 is 14.7 Å². The Kier molecular flexibility index (Phi) is 6.17. The van der Waals surface area contributed by atoms with Crippen molar-refractivity contribution < 1.29 is 9.84 Å². The molecule has 1 heterocycles. The first kappa shape index (κ1) is 17.5. The number of ether oxygens (including phenoxy) is 1. The third-order valence-corrected chi connectivity index (χ3v) is 4.16. The molecule has 0 aromatic heterocycles. The highest BCUT2D eigenvalue weighted by atomic mass is 16.5. The fraction of sp³-hybridized carbons (Fsp3) is 0.500. The second-order valence-electron chi connectivity index (χ2n) is 6.07. The average molecular weight is 315 g/mol. The Balaban J connectivity index is 2.06. The van der Waals surface area contributed by atoms with Crippen LogP contribution in [0.15, 0.2) is 30.3 Å². The molecule has 1 N–H and O–H groups in total. The number of piperazine rings is 1. The van der Waals surface area contributed by atoms with Gasteiger partial charge in [0.15, 0.2) is 6.23 Å². The zero-order valence-corrected chi connectivity index (χ0v) is 14.1. The summed E-state index contributed by atoms with van der Waals surface area (Å²) in [6.07, 6.45) is 0.613. The Hall–Kier alpha value is -1.87. The maximum atomic E-state index is 10.1. The molecule has 0 aliphatic carbocycles. The van der Waals surface area contributed by atoms with Crippen LogP contribution in [0.1, 0.15) is 19.4 Å². The zero-order valence-electron chi connectivity index (χ0n) is 14.1. The van der Waals surface area contributed by atoms with Crippen LogP contribution in [0.25, 0.3) is 5.57 Å². The van der Waals surface area contributed by atoms with Gasteiger partial charge in [-0.3, -0.25) is 4.90 Å². The van der Waals surface area contributed by atoms with E-state index in [1.165, 1.54) is 6.08 Å². The van der Waals surface area contributed by atoms with Crippen LogP contribution in [-0.2, 0) is 0 Å². The van der Waals surface area contributed by atoms with Gasteiger partial charge in [0, 0.05) is 32.3 Å². The zero-order chi connectivity index (χ0) is 16.8. The van der Waals surface area contributed by atoms with Crippen molar-refractivity contribution >= 4 is 5.57 Å². The third-order valence-electron chi connectivity index (χ3n) is 4.16. The van der Waals surface area contributed by atoms with E-state index in [4.69, 9.17) is 10.00 Å². The highest BCUT2D eigenvalue weighted by Gasteiger charge is 2.27. The number of aliphatic hydroxyl groups excluding tert-OH is 1. The van der Waals surface area contributed by atoms with Crippen LogP contribution in [0.5, 0.6) is 5.75 Å². The van der Waals surface area contributed by atoms with Gasteiger partial charge in [0.1, 0.15) is 11.9 Å². The van der Waals surface area contributed by atoms with Gasteiger partial charge in [0.05, 0.1) is 6.07 Å². The molecule has 23 heavy (non-hydrogen) atoms. The van der Waals surface area contributed by atoms with Crippen molar-refractivity contribution in [1.29, 1.82) is 5.26 Å². The minimum absolute atomic E-state index is 0.342. The molecular formula is C18H25N3O2. The molecule has 2 unspecified atom stereocenters. The number of rotatable bonds is 5. The number of nitrogens with zero attached hydrogens (tertiary/aromatic N) is 3. The van der Waals surface area contributed by atoms with E-state index in [0.717, 1.165) is 43.1 Å². The SMILES string of the molecule is C/C(=C/C#N)c1ccc(OC(C(C)O)N2CCN(C)CC2)cc1. The van der Waals surface area contributed by atoms with Crippen LogP contribution >= 0.6 is 0 Å². The second-order valence-corrected chi connectivity index (χ2v) is 6.07. The van der Waals surface area contributed by atoms with Crippen LogP contribution in [0, 0.1) is 11.3 Å². The largest absolute Gasteiger partial charge is 0.472 e. The molecule has 5 heteroatoms. The Bertz CT molecular complexity index is 567.